The van der Waals surface area contributed by atoms with Crippen LogP contribution in [0.4, 0.5) is 0 Å². The summed E-state index contributed by atoms with van der Waals surface area (Å²) in [6, 6.07) is 0. The van der Waals surface area contributed by atoms with Gasteiger partial charge < -0.3 is 14.2 Å². The molecule has 6 heteroatoms. The third-order valence-electron chi connectivity index (χ3n) is 14.4. The Balaban J connectivity index is 4.10. The molecule has 0 fully saturated rings. The van der Waals surface area contributed by atoms with Crippen molar-refractivity contribution in [1.29, 1.82) is 0 Å². The van der Waals surface area contributed by atoms with Crippen molar-refractivity contribution in [2.75, 3.05) is 13.2 Å². The first-order chi connectivity index (χ1) is 38.0. The number of unbranched alkanes of at least 4 members (excludes halogenated alkanes) is 35. The second kappa shape index (κ2) is 65.1. The summed E-state index contributed by atoms with van der Waals surface area (Å²) >= 11 is 0. The highest BCUT2D eigenvalue weighted by Gasteiger charge is 2.19. The zero-order valence-corrected chi connectivity index (χ0v) is 51.0. The van der Waals surface area contributed by atoms with Gasteiger partial charge in [-0.25, -0.2) is 0 Å². The fourth-order valence-corrected chi connectivity index (χ4v) is 9.44. The van der Waals surface area contributed by atoms with Crippen LogP contribution >= 0.6 is 0 Å². The highest BCUT2D eigenvalue weighted by atomic mass is 16.6. The monoisotopic (exact) mass is 1070 g/mol. The van der Waals surface area contributed by atoms with Crippen molar-refractivity contribution < 1.29 is 28.6 Å². The summed E-state index contributed by atoms with van der Waals surface area (Å²) in [7, 11) is 0. The van der Waals surface area contributed by atoms with Gasteiger partial charge in [-0.3, -0.25) is 14.4 Å². The fourth-order valence-electron chi connectivity index (χ4n) is 9.44. The smallest absolute Gasteiger partial charge is 0.306 e. The first-order valence-electron chi connectivity index (χ1n) is 33.1. The second-order valence-electron chi connectivity index (χ2n) is 22.0. The molecule has 0 N–H and O–H groups in total. The van der Waals surface area contributed by atoms with Crippen LogP contribution in [0.3, 0.4) is 0 Å². The lowest BCUT2D eigenvalue weighted by Crippen LogP contribution is -2.30. The van der Waals surface area contributed by atoms with Crippen LogP contribution < -0.4 is 0 Å². The van der Waals surface area contributed by atoms with E-state index < -0.39 is 6.10 Å². The van der Waals surface area contributed by atoms with Crippen molar-refractivity contribution in [3.8, 4) is 0 Å². The Bertz CT molecular complexity index is 1470. The van der Waals surface area contributed by atoms with Crippen molar-refractivity contribution in [1.82, 2.24) is 0 Å². The van der Waals surface area contributed by atoms with Gasteiger partial charge in [0.05, 0.1) is 0 Å². The Morgan fingerprint density at radius 3 is 0.792 bits per heavy atom. The van der Waals surface area contributed by atoms with Crippen LogP contribution in [0, 0.1) is 0 Å². The van der Waals surface area contributed by atoms with E-state index in [9.17, 15) is 14.4 Å². The van der Waals surface area contributed by atoms with E-state index in [1.165, 1.54) is 186 Å². The Labute approximate surface area is 477 Å². The molecule has 0 heterocycles. The fraction of sp³-hybridized carbons (Fsp3) is 0.761. The van der Waals surface area contributed by atoms with Gasteiger partial charge in [0.2, 0.25) is 0 Å². The van der Waals surface area contributed by atoms with Crippen molar-refractivity contribution in [2.24, 2.45) is 0 Å². The highest BCUT2D eigenvalue weighted by Crippen LogP contribution is 2.17. The number of hydrogen-bond donors (Lipinski definition) is 0. The highest BCUT2D eigenvalue weighted by molar-refractivity contribution is 5.71. The molecule has 0 aliphatic heterocycles. The number of rotatable bonds is 60. The average molecular weight is 1070 g/mol. The lowest BCUT2D eigenvalue weighted by Gasteiger charge is -2.18. The lowest BCUT2D eigenvalue weighted by molar-refractivity contribution is -0.167. The summed E-state index contributed by atoms with van der Waals surface area (Å²) < 4.78 is 16.9. The molecule has 0 saturated carbocycles. The number of esters is 3. The molecule has 0 amide bonds. The van der Waals surface area contributed by atoms with Gasteiger partial charge in [-0.15, -0.1) is 0 Å². The quantitative estimate of drug-likeness (QED) is 0.0261. The van der Waals surface area contributed by atoms with E-state index in [1.807, 2.05) is 0 Å². The van der Waals surface area contributed by atoms with Gasteiger partial charge in [0.15, 0.2) is 6.10 Å². The van der Waals surface area contributed by atoms with E-state index in [2.05, 4.69) is 106 Å². The number of carbonyl (C=O) groups excluding carboxylic acids is 3. The summed E-state index contributed by atoms with van der Waals surface area (Å²) in [5.74, 6) is -0.877. The molecule has 444 valence electrons. The standard InChI is InChI=1S/C71H124O6/c1-4-7-10-13-16-18-20-22-24-26-28-30-32-33-34-35-36-37-39-40-42-44-46-48-50-52-55-58-61-64-70(73)76-67-68(66-75-69(72)63-60-57-54-15-12-9-6-3)77-71(74)65-62-59-56-53-51-49-47-45-43-41-38-31-29-27-25-23-21-19-17-14-11-8-5-2/h7,10,16,18,21-24,27-30,38,41,68H,4-6,8-9,11-15,17,19-20,25-26,31-37,39-40,42-67H2,1-3H3/b10-7-,18-16-,23-21-,24-22-,29-27-,30-28-,41-38-. The molecule has 0 bridgehead atoms. The Morgan fingerprint density at radius 1 is 0.273 bits per heavy atom. The minimum Gasteiger partial charge on any atom is -0.462 e. The first-order valence-corrected chi connectivity index (χ1v) is 33.1. The molecular formula is C71H124O6. The second-order valence-corrected chi connectivity index (χ2v) is 22.0. The summed E-state index contributed by atoms with van der Waals surface area (Å²) in [6.45, 7) is 6.50. The van der Waals surface area contributed by atoms with Crippen LogP contribution in [-0.2, 0) is 28.6 Å². The van der Waals surface area contributed by atoms with E-state index in [1.54, 1.807) is 0 Å². The predicted octanol–water partition coefficient (Wildman–Crippen LogP) is 22.7. The molecule has 0 spiro atoms. The maximum absolute atomic E-state index is 12.9. The first kappa shape index (κ1) is 73.6. The molecule has 0 aromatic carbocycles. The molecule has 0 aromatic heterocycles. The minimum atomic E-state index is -0.777. The predicted molar refractivity (Wildman–Crippen MR) is 334 cm³/mol. The van der Waals surface area contributed by atoms with Crippen LogP contribution in [-0.4, -0.2) is 37.2 Å². The molecule has 1 unspecified atom stereocenters. The molecule has 77 heavy (non-hydrogen) atoms. The van der Waals surface area contributed by atoms with E-state index in [-0.39, 0.29) is 31.1 Å². The molecule has 0 aliphatic rings. The minimum absolute atomic E-state index is 0.0763. The van der Waals surface area contributed by atoms with Gasteiger partial charge in [0, 0.05) is 19.3 Å². The van der Waals surface area contributed by atoms with Crippen LogP contribution in [0.25, 0.3) is 0 Å². The van der Waals surface area contributed by atoms with Gasteiger partial charge in [-0.1, -0.05) is 298 Å². The van der Waals surface area contributed by atoms with Crippen molar-refractivity contribution in [3.63, 3.8) is 0 Å². The number of carbonyl (C=O) groups is 3. The Hall–Kier alpha value is -3.41. The maximum Gasteiger partial charge on any atom is 0.306 e. The zero-order chi connectivity index (χ0) is 55.7. The van der Waals surface area contributed by atoms with E-state index in [0.717, 1.165) is 103 Å². The molecule has 0 saturated heterocycles. The SMILES string of the molecule is CC/C=C\C/C=C\C/C=C\C/C=C\CCCCCCCCCCCCCCCCCCC(=O)OCC(COC(=O)CCCCCCCCC)OC(=O)CCCCCCCCCC/C=C\C/C=C\C/C=C\CCCCCCC. The normalized spacial score (nSPS) is 12.6. The molecule has 0 radical (unpaired) electrons. The lowest BCUT2D eigenvalue weighted by atomic mass is 10.0. The third kappa shape index (κ3) is 63.3. The van der Waals surface area contributed by atoms with Gasteiger partial charge in [-0.2, -0.15) is 0 Å². The molecule has 1 atom stereocenters. The van der Waals surface area contributed by atoms with Gasteiger partial charge in [0.1, 0.15) is 13.2 Å². The van der Waals surface area contributed by atoms with Gasteiger partial charge in [-0.05, 0) is 96.3 Å². The van der Waals surface area contributed by atoms with Gasteiger partial charge in [0.25, 0.3) is 0 Å². The van der Waals surface area contributed by atoms with Crippen LogP contribution in [0.5, 0.6) is 0 Å². The van der Waals surface area contributed by atoms with Crippen LogP contribution in [0.1, 0.15) is 329 Å². The average Bonchev–Trinajstić information content (AvgIpc) is 3.43. The summed E-state index contributed by atoms with van der Waals surface area (Å²) in [6.07, 6.45) is 86.2. The molecule has 0 aromatic rings. The molecule has 6 nitrogen and oxygen atoms in total. The van der Waals surface area contributed by atoms with Crippen LogP contribution in [0.15, 0.2) is 85.1 Å². The summed E-state index contributed by atoms with van der Waals surface area (Å²) in [4.78, 5) is 38.1. The van der Waals surface area contributed by atoms with Crippen molar-refractivity contribution >= 4 is 17.9 Å². The molecule has 0 rings (SSSR count). The van der Waals surface area contributed by atoms with E-state index in [4.69, 9.17) is 14.2 Å². The number of hydrogen-bond acceptors (Lipinski definition) is 6. The van der Waals surface area contributed by atoms with E-state index >= 15 is 0 Å². The summed E-state index contributed by atoms with van der Waals surface area (Å²) in [5, 5.41) is 0. The molecular weight excluding hydrogens is 949 g/mol. The Morgan fingerprint density at radius 2 is 0.506 bits per heavy atom. The third-order valence-corrected chi connectivity index (χ3v) is 14.4. The van der Waals surface area contributed by atoms with Crippen LogP contribution in [0.2, 0.25) is 0 Å². The Kier molecular flexibility index (Phi) is 62.2. The van der Waals surface area contributed by atoms with Gasteiger partial charge >= 0.3 is 17.9 Å². The number of ether oxygens (including phenoxy) is 3. The maximum atomic E-state index is 12.9. The topological polar surface area (TPSA) is 78.9 Å². The molecule has 0 aliphatic carbocycles. The summed E-state index contributed by atoms with van der Waals surface area (Å²) in [5.41, 5.74) is 0. The largest absolute Gasteiger partial charge is 0.462 e. The number of allylic oxidation sites excluding steroid dienone is 14. The zero-order valence-electron chi connectivity index (χ0n) is 51.0. The van der Waals surface area contributed by atoms with Crippen molar-refractivity contribution in [2.45, 2.75) is 335 Å². The van der Waals surface area contributed by atoms with Crippen molar-refractivity contribution in [3.05, 3.63) is 85.1 Å². The van der Waals surface area contributed by atoms with E-state index in [0.29, 0.717) is 19.3 Å².